The fourth-order valence-electron chi connectivity index (χ4n) is 2.16. The lowest BCUT2D eigenvalue weighted by Gasteiger charge is -2.11. The van der Waals surface area contributed by atoms with Gasteiger partial charge in [-0.25, -0.2) is 13.4 Å². The van der Waals surface area contributed by atoms with Crippen LogP contribution in [0.1, 0.15) is 0 Å². The monoisotopic (exact) mass is 393 g/mol. The van der Waals surface area contributed by atoms with Crippen molar-refractivity contribution in [2.45, 2.75) is 4.90 Å². The maximum atomic E-state index is 12.7. The van der Waals surface area contributed by atoms with E-state index >= 15 is 0 Å². The first kappa shape index (κ1) is 15.7. The molecule has 3 aromatic rings. The van der Waals surface area contributed by atoms with E-state index in [4.69, 9.17) is 4.74 Å². The Morgan fingerprint density at radius 1 is 1.22 bits per heavy atom. The number of fused-ring (bicyclic) bond motifs is 1. The van der Waals surface area contributed by atoms with Gasteiger partial charge in [0.25, 0.3) is 10.0 Å². The van der Waals surface area contributed by atoms with Crippen molar-refractivity contribution in [3.8, 4) is 5.75 Å². The molecule has 0 saturated heterocycles. The highest BCUT2D eigenvalue weighted by molar-refractivity contribution is 9.10. The molecule has 23 heavy (non-hydrogen) atoms. The highest BCUT2D eigenvalue weighted by Gasteiger charge is 2.18. The van der Waals surface area contributed by atoms with Gasteiger partial charge in [-0.15, -0.1) is 0 Å². The number of ether oxygens (including phenoxy) is 1. The Morgan fingerprint density at radius 3 is 2.83 bits per heavy atom. The Hall–Kier alpha value is -2.19. The van der Waals surface area contributed by atoms with Gasteiger partial charge >= 0.3 is 0 Å². The minimum atomic E-state index is -3.77. The van der Waals surface area contributed by atoms with Gasteiger partial charge in [-0.1, -0.05) is 12.1 Å². The van der Waals surface area contributed by atoms with Crippen molar-refractivity contribution in [1.82, 2.24) is 9.97 Å². The highest BCUT2D eigenvalue weighted by Crippen LogP contribution is 2.28. The summed E-state index contributed by atoms with van der Waals surface area (Å²) in [5, 5.41) is 1.36. The summed E-state index contributed by atoms with van der Waals surface area (Å²) in [4.78, 5) is 8.23. The molecule has 8 heteroatoms. The number of sulfonamides is 1. The Kier molecular flexibility index (Phi) is 4.18. The average Bonchev–Trinajstić information content (AvgIpc) is 2.56. The van der Waals surface area contributed by atoms with Crippen LogP contribution in [0.25, 0.3) is 10.8 Å². The molecule has 0 fully saturated rings. The fourth-order valence-corrected chi connectivity index (χ4v) is 3.81. The molecule has 6 nitrogen and oxygen atoms in total. The third-order valence-corrected chi connectivity index (χ3v) is 5.24. The van der Waals surface area contributed by atoms with Crippen molar-refractivity contribution < 1.29 is 13.2 Å². The number of halogens is 1. The molecule has 0 atom stereocenters. The molecule has 0 spiro atoms. The van der Waals surface area contributed by atoms with Gasteiger partial charge in [0.1, 0.15) is 4.60 Å². The van der Waals surface area contributed by atoms with Crippen LogP contribution in [-0.2, 0) is 10.0 Å². The zero-order chi connectivity index (χ0) is 16.4. The predicted octanol–water partition coefficient (Wildman–Crippen LogP) is 3.20. The van der Waals surface area contributed by atoms with E-state index in [-0.39, 0.29) is 4.90 Å². The first-order valence-electron chi connectivity index (χ1n) is 6.56. The Morgan fingerprint density at radius 2 is 2.04 bits per heavy atom. The number of nitrogens with one attached hydrogen (secondary N) is 1. The lowest BCUT2D eigenvalue weighted by atomic mass is 10.2. The van der Waals surface area contributed by atoms with Crippen LogP contribution < -0.4 is 9.46 Å². The fraction of sp³-hybridized carbons (Fsp3) is 0.0667. The van der Waals surface area contributed by atoms with Gasteiger partial charge in [0.15, 0.2) is 5.75 Å². The van der Waals surface area contributed by atoms with Gasteiger partial charge in [-0.05, 0) is 28.1 Å². The minimum Gasteiger partial charge on any atom is -0.494 e. The molecular weight excluding hydrogens is 382 g/mol. The van der Waals surface area contributed by atoms with Crippen molar-refractivity contribution in [3.63, 3.8) is 0 Å². The number of aromatic nitrogens is 2. The summed E-state index contributed by atoms with van der Waals surface area (Å²) < 4.78 is 33.5. The van der Waals surface area contributed by atoms with E-state index in [2.05, 4.69) is 30.6 Å². The lowest BCUT2D eigenvalue weighted by Crippen LogP contribution is -2.13. The van der Waals surface area contributed by atoms with Crippen LogP contribution >= 0.6 is 15.9 Å². The maximum Gasteiger partial charge on any atom is 0.262 e. The number of benzene rings is 1. The van der Waals surface area contributed by atoms with Crippen molar-refractivity contribution >= 4 is 42.4 Å². The molecule has 1 aromatic carbocycles. The van der Waals surface area contributed by atoms with Gasteiger partial charge in [-0.2, -0.15) is 0 Å². The summed E-state index contributed by atoms with van der Waals surface area (Å²) in [6, 6.07) is 8.27. The van der Waals surface area contributed by atoms with Gasteiger partial charge in [-0.3, -0.25) is 9.71 Å². The van der Waals surface area contributed by atoms with Crippen LogP contribution in [0.2, 0.25) is 0 Å². The van der Waals surface area contributed by atoms with E-state index in [1.165, 1.54) is 13.3 Å². The smallest absolute Gasteiger partial charge is 0.262 e. The van der Waals surface area contributed by atoms with Crippen LogP contribution in [-0.4, -0.2) is 25.5 Å². The molecule has 2 heterocycles. The minimum absolute atomic E-state index is 0.180. The average molecular weight is 394 g/mol. The second-order valence-corrected chi connectivity index (χ2v) is 7.08. The van der Waals surface area contributed by atoms with Crippen LogP contribution in [0.5, 0.6) is 5.75 Å². The highest BCUT2D eigenvalue weighted by atomic mass is 79.9. The summed E-state index contributed by atoms with van der Waals surface area (Å²) >= 11 is 3.23. The zero-order valence-corrected chi connectivity index (χ0v) is 14.4. The molecule has 0 bridgehead atoms. The van der Waals surface area contributed by atoms with E-state index in [9.17, 15) is 8.42 Å². The summed E-state index contributed by atoms with van der Waals surface area (Å²) in [6.45, 7) is 0. The predicted molar refractivity (Wildman–Crippen MR) is 91.0 cm³/mol. The Balaban J connectivity index is 2.04. The van der Waals surface area contributed by atoms with E-state index in [1.807, 2.05) is 6.07 Å². The number of anilines is 1. The topological polar surface area (TPSA) is 81.2 Å². The molecule has 0 aliphatic carbocycles. The van der Waals surface area contributed by atoms with E-state index in [0.717, 1.165) is 5.39 Å². The van der Waals surface area contributed by atoms with Crippen LogP contribution in [0.15, 0.2) is 58.4 Å². The van der Waals surface area contributed by atoms with Crippen molar-refractivity contribution in [1.29, 1.82) is 0 Å². The first-order valence-corrected chi connectivity index (χ1v) is 8.84. The van der Waals surface area contributed by atoms with E-state index < -0.39 is 10.0 Å². The van der Waals surface area contributed by atoms with Gasteiger partial charge < -0.3 is 4.74 Å². The molecule has 0 radical (unpaired) electrons. The molecule has 2 aromatic heterocycles. The summed E-state index contributed by atoms with van der Waals surface area (Å²) in [7, 11) is -2.28. The first-order chi connectivity index (χ1) is 11.0. The molecule has 118 valence electrons. The van der Waals surface area contributed by atoms with E-state index in [1.54, 1.807) is 36.7 Å². The van der Waals surface area contributed by atoms with Gasteiger partial charge in [0, 0.05) is 29.2 Å². The third kappa shape index (κ3) is 3.13. The molecule has 0 aliphatic rings. The maximum absolute atomic E-state index is 12.7. The third-order valence-electron chi connectivity index (χ3n) is 3.21. The molecular formula is C15H12BrN3O3S. The number of hydrogen-bond acceptors (Lipinski definition) is 5. The van der Waals surface area contributed by atoms with Crippen LogP contribution in [0.3, 0.4) is 0 Å². The van der Waals surface area contributed by atoms with Gasteiger partial charge in [0.05, 0.1) is 23.9 Å². The zero-order valence-electron chi connectivity index (χ0n) is 12.0. The van der Waals surface area contributed by atoms with E-state index in [0.29, 0.717) is 21.4 Å². The molecule has 1 N–H and O–H groups in total. The second kappa shape index (κ2) is 6.13. The molecule has 0 amide bonds. The number of nitrogens with zero attached hydrogens (tertiary/aromatic N) is 2. The largest absolute Gasteiger partial charge is 0.494 e. The Labute approximate surface area is 141 Å². The molecule has 0 unspecified atom stereocenters. The lowest BCUT2D eigenvalue weighted by molar-refractivity contribution is 0.410. The summed E-state index contributed by atoms with van der Waals surface area (Å²) in [5.74, 6) is 0.437. The quantitative estimate of drug-likeness (QED) is 0.688. The van der Waals surface area contributed by atoms with Crippen LogP contribution in [0.4, 0.5) is 5.69 Å². The summed E-state index contributed by atoms with van der Waals surface area (Å²) in [5.41, 5.74) is 0.316. The SMILES string of the molecule is COc1cc(NS(=O)(=O)c2cccc3cnccc23)cnc1Br. The number of pyridine rings is 2. The van der Waals surface area contributed by atoms with Crippen molar-refractivity contribution in [3.05, 3.63) is 53.5 Å². The van der Waals surface area contributed by atoms with Gasteiger partial charge in [0.2, 0.25) is 0 Å². The molecule has 0 aliphatic heterocycles. The van der Waals surface area contributed by atoms with Crippen molar-refractivity contribution in [2.24, 2.45) is 0 Å². The van der Waals surface area contributed by atoms with Crippen molar-refractivity contribution in [2.75, 3.05) is 11.8 Å². The normalized spacial score (nSPS) is 11.4. The Bertz CT molecular complexity index is 971. The summed E-state index contributed by atoms with van der Waals surface area (Å²) in [6.07, 6.45) is 4.60. The number of rotatable bonds is 4. The number of hydrogen-bond donors (Lipinski definition) is 1. The van der Waals surface area contributed by atoms with Crippen LogP contribution in [0, 0.1) is 0 Å². The standard InChI is InChI=1S/C15H12BrN3O3S/c1-22-13-7-11(9-18-15(13)16)19-23(20,21)14-4-2-3-10-8-17-6-5-12(10)14/h2-9,19H,1H3. The second-order valence-electron chi connectivity index (χ2n) is 4.68. The molecule has 0 saturated carbocycles. The molecule has 3 rings (SSSR count). The number of methoxy groups -OCH3 is 1.